The molecule has 1 amide bonds. The highest BCUT2D eigenvalue weighted by Crippen LogP contribution is 2.23. The van der Waals surface area contributed by atoms with Gasteiger partial charge in [-0.2, -0.15) is 0 Å². The van der Waals surface area contributed by atoms with Gasteiger partial charge in [-0.3, -0.25) is 10.2 Å². The van der Waals surface area contributed by atoms with E-state index in [2.05, 4.69) is 26.2 Å². The van der Waals surface area contributed by atoms with Crippen molar-refractivity contribution in [3.8, 4) is 0 Å². The van der Waals surface area contributed by atoms with Crippen molar-refractivity contribution in [2.45, 2.75) is 40.4 Å². The predicted molar refractivity (Wildman–Crippen MR) is 69.8 cm³/mol. The first kappa shape index (κ1) is 14.2. The van der Waals surface area contributed by atoms with Gasteiger partial charge in [0, 0.05) is 4.88 Å². The third-order valence-electron chi connectivity index (χ3n) is 2.82. The van der Waals surface area contributed by atoms with Gasteiger partial charge in [-0.15, -0.1) is 11.3 Å². The summed E-state index contributed by atoms with van der Waals surface area (Å²) < 4.78 is 5.74. The number of rotatable bonds is 5. The second kappa shape index (κ2) is 6.14. The summed E-state index contributed by atoms with van der Waals surface area (Å²) in [4.78, 5) is 13.1. The fourth-order valence-corrected chi connectivity index (χ4v) is 2.19. The molecule has 1 unspecified atom stereocenters. The van der Waals surface area contributed by atoms with E-state index in [0.29, 0.717) is 17.4 Å². The molecule has 4 nitrogen and oxygen atoms in total. The molecule has 0 saturated heterocycles. The maximum absolute atomic E-state index is 11.4. The van der Waals surface area contributed by atoms with E-state index in [1.54, 1.807) is 0 Å². The molecule has 96 valence electrons. The van der Waals surface area contributed by atoms with E-state index >= 15 is 0 Å². The van der Waals surface area contributed by atoms with Gasteiger partial charge in [-0.1, -0.05) is 13.8 Å². The van der Waals surface area contributed by atoms with Gasteiger partial charge in [-0.25, -0.2) is 5.84 Å². The van der Waals surface area contributed by atoms with Crippen LogP contribution in [-0.4, -0.2) is 12.0 Å². The minimum absolute atomic E-state index is 0.209. The Morgan fingerprint density at radius 3 is 2.71 bits per heavy atom. The van der Waals surface area contributed by atoms with Gasteiger partial charge >= 0.3 is 0 Å². The van der Waals surface area contributed by atoms with Crippen LogP contribution >= 0.6 is 11.3 Å². The third kappa shape index (κ3) is 3.80. The van der Waals surface area contributed by atoms with Crippen LogP contribution in [0.1, 0.15) is 40.9 Å². The molecule has 1 rings (SSSR count). The van der Waals surface area contributed by atoms with Crippen molar-refractivity contribution < 1.29 is 9.53 Å². The number of hydrogen-bond donors (Lipinski definition) is 2. The number of thiophene rings is 1. The van der Waals surface area contributed by atoms with E-state index in [-0.39, 0.29) is 12.0 Å². The standard InChI is InChI=1S/C12H20N2O2S/c1-7(2)8(3)16-6-10-5-11(12(15)14-13)17-9(10)4/h5,7-8H,6,13H2,1-4H3,(H,14,15). The smallest absolute Gasteiger partial charge is 0.275 e. The number of nitrogens with one attached hydrogen (secondary N) is 1. The molecule has 1 heterocycles. The number of nitrogens with two attached hydrogens (primary N) is 1. The Balaban J connectivity index is 2.66. The molecule has 1 atom stereocenters. The number of aryl methyl sites for hydroxylation is 1. The summed E-state index contributed by atoms with van der Waals surface area (Å²) in [6.45, 7) is 8.83. The summed E-state index contributed by atoms with van der Waals surface area (Å²) in [7, 11) is 0. The average molecular weight is 256 g/mol. The first-order valence-corrected chi connectivity index (χ1v) is 6.49. The lowest BCUT2D eigenvalue weighted by Crippen LogP contribution is -2.29. The van der Waals surface area contributed by atoms with Crippen LogP contribution < -0.4 is 11.3 Å². The molecular weight excluding hydrogens is 236 g/mol. The predicted octanol–water partition coefficient (Wildman–Crippen LogP) is 2.22. The van der Waals surface area contributed by atoms with E-state index < -0.39 is 0 Å². The molecule has 0 aliphatic carbocycles. The second-order valence-corrected chi connectivity index (χ2v) is 5.68. The number of hydrogen-bond acceptors (Lipinski definition) is 4. The monoisotopic (exact) mass is 256 g/mol. The molecule has 0 aromatic carbocycles. The van der Waals surface area contributed by atoms with Crippen LogP contribution in [0.5, 0.6) is 0 Å². The molecule has 0 aliphatic rings. The number of amides is 1. The van der Waals surface area contributed by atoms with Crippen LogP contribution in [0.4, 0.5) is 0 Å². The maximum Gasteiger partial charge on any atom is 0.275 e. The largest absolute Gasteiger partial charge is 0.374 e. The molecule has 0 fully saturated rings. The first-order chi connectivity index (χ1) is 7.95. The van der Waals surface area contributed by atoms with Gasteiger partial charge in [0.25, 0.3) is 5.91 Å². The lowest BCUT2D eigenvalue weighted by Gasteiger charge is -2.16. The number of nitrogen functional groups attached to an aromatic ring is 1. The molecule has 0 spiro atoms. The van der Waals surface area contributed by atoms with Gasteiger partial charge in [0.1, 0.15) is 0 Å². The highest BCUT2D eigenvalue weighted by Gasteiger charge is 2.13. The number of ether oxygens (including phenoxy) is 1. The number of carbonyl (C=O) groups is 1. The van der Waals surface area contributed by atoms with Crippen LogP contribution in [0.25, 0.3) is 0 Å². The van der Waals surface area contributed by atoms with Crippen molar-refractivity contribution in [1.82, 2.24) is 5.43 Å². The molecule has 1 aromatic heterocycles. The SMILES string of the molecule is Cc1sc(C(=O)NN)cc1COC(C)C(C)C. The third-order valence-corrected chi connectivity index (χ3v) is 3.91. The summed E-state index contributed by atoms with van der Waals surface area (Å²) in [6.07, 6.45) is 0.209. The average Bonchev–Trinajstić information content (AvgIpc) is 2.66. The Bertz CT molecular complexity index is 388. The molecular formula is C12H20N2O2S. The van der Waals surface area contributed by atoms with E-state index in [1.165, 1.54) is 11.3 Å². The van der Waals surface area contributed by atoms with Gasteiger partial charge in [0.05, 0.1) is 17.6 Å². The van der Waals surface area contributed by atoms with Gasteiger partial charge in [0.15, 0.2) is 0 Å². The summed E-state index contributed by atoms with van der Waals surface area (Å²) in [6, 6.07) is 1.84. The highest BCUT2D eigenvalue weighted by atomic mass is 32.1. The first-order valence-electron chi connectivity index (χ1n) is 5.67. The minimum atomic E-state index is -0.249. The summed E-state index contributed by atoms with van der Waals surface area (Å²) in [5, 5.41) is 0. The molecule has 0 bridgehead atoms. The highest BCUT2D eigenvalue weighted by molar-refractivity contribution is 7.14. The summed E-state index contributed by atoms with van der Waals surface area (Å²) in [5.41, 5.74) is 3.19. The molecule has 3 N–H and O–H groups in total. The fraction of sp³-hybridized carbons (Fsp3) is 0.583. The summed E-state index contributed by atoms with van der Waals surface area (Å²) in [5.74, 6) is 5.34. The number of carbonyl (C=O) groups excluding carboxylic acids is 1. The van der Waals surface area contributed by atoms with Crippen LogP contribution in [-0.2, 0) is 11.3 Å². The van der Waals surface area contributed by atoms with Crippen molar-refractivity contribution in [3.05, 3.63) is 21.4 Å². The molecule has 1 aromatic rings. The lowest BCUT2D eigenvalue weighted by atomic mass is 10.1. The Morgan fingerprint density at radius 2 is 2.18 bits per heavy atom. The van der Waals surface area contributed by atoms with Crippen molar-refractivity contribution >= 4 is 17.2 Å². The van der Waals surface area contributed by atoms with Crippen molar-refractivity contribution in [2.75, 3.05) is 0 Å². The van der Waals surface area contributed by atoms with Gasteiger partial charge in [-0.05, 0) is 31.4 Å². The van der Waals surface area contributed by atoms with E-state index in [0.717, 1.165) is 10.4 Å². The van der Waals surface area contributed by atoms with E-state index in [4.69, 9.17) is 10.6 Å². The maximum atomic E-state index is 11.4. The molecule has 17 heavy (non-hydrogen) atoms. The second-order valence-electron chi connectivity index (χ2n) is 4.43. The zero-order valence-electron chi connectivity index (χ0n) is 10.7. The van der Waals surface area contributed by atoms with Crippen LogP contribution in [0.2, 0.25) is 0 Å². The lowest BCUT2D eigenvalue weighted by molar-refractivity contribution is 0.0234. The van der Waals surface area contributed by atoms with Crippen LogP contribution in [0.3, 0.4) is 0 Å². The number of hydrazine groups is 1. The minimum Gasteiger partial charge on any atom is -0.374 e. The van der Waals surface area contributed by atoms with Gasteiger partial charge in [0.2, 0.25) is 0 Å². The molecule has 5 heteroatoms. The quantitative estimate of drug-likeness (QED) is 0.482. The Hall–Kier alpha value is -0.910. The van der Waals surface area contributed by atoms with E-state index in [9.17, 15) is 4.79 Å². The van der Waals surface area contributed by atoms with Crippen molar-refractivity contribution in [2.24, 2.45) is 11.8 Å². The Labute approximate surface area is 106 Å². The summed E-state index contributed by atoms with van der Waals surface area (Å²) >= 11 is 1.44. The van der Waals surface area contributed by atoms with Gasteiger partial charge < -0.3 is 4.74 Å². The molecule has 0 aliphatic heterocycles. The topological polar surface area (TPSA) is 64.4 Å². The fourth-order valence-electron chi connectivity index (χ4n) is 1.26. The zero-order valence-corrected chi connectivity index (χ0v) is 11.6. The Kier molecular flexibility index (Phi) is 5.11. The zero-order chi connectivity index (χ0) is 13.0. The van der Waals surface area contributed by atoms with Crippen LogP contribution in [0.15, 0.2) is 6.07 Å². The van der Waals surface area contributed by atoms with Crippen molar-refractivity contribution in [3.63, 3.8) is 0 Å². The molecule has 0 radical (unpaired) electrons. The van der Waals surface area contributed by atoms with E-state index in [1.807, 2.05) is 13.0 Å². The van der Waals surface area contributed by atoms with Crippen LogP contribution in [0, 0.1) is 12.8 Å². The molecule has 0 saturated carbocycles. The normalized spacial score (nSPS) is 12.8. The van der Waals surface area contributed by atoms with Crippen molar-refractivity contribution in [1.29, 1.82) is 0 Å². The Morgan fingerprint density at radius 1 is 1.53 bits per heavy atom.